The van der Waals surface area contributed by atoms with Gasteiger partial charge in [-0.15, -0.1) is 15.0 Å². The van der Waals surface area contributed by atoms with E-state index in [0.717, 1.165) is 5.56 Å². The number of rotatable bonds is 3. The first-order valence-electron chi connectivity index (χ1n) is 5.93. The lowest BCUT2D eigenvalue weighted by atomic mass is 10.2. The Morgan fingerprint density at radius 1 is 1.14 bits per heavy atom. The van der Waals surface area contributed by atoms with E-state index in [-0.39, 0.29) is 11.5 Å². The van der Waals surface area contributed by atoms with E-state index in [1.165, 1.54) is 17.2 Å². The minimum Gasteiger partial charge on any atom is -0.409 e. The Hall–Kier alpha value is -3.36. The molecule has 0 saturated carbocycles. The highest BCUT2D eigenvalue weighted by Crippen LogP contribution is 2.12. The van der Waals surface area contributed by atoms with Gasteiger partial charge in [-0.1, -0.05) is 35.5 Å². The van der Waals surface area contributed by atoms with Crippen LogP contribution in [-0.4, -0.2) is 41.2 Å². The van der Waals surface area contributed by atoms with Crippen molar-refractivity contribution in [3.05, 3.63) is 48.4 Å². The molecule has 0 unspecified atom stereocenters. The van der Waals surface area contributed by atoms with Crippen LogP contribution in [0.2, 0.25) is 0 Å². The topological polar surface area (TPSA) is 128 Å². The number of nitrogens with two attached hydrogens (primary N) is 1. The zero-order valence-electron chi connectivity index (χ0n) is 10.7. The standard InChI is InChI=1S/C12H10N8O/c13-11(18-21)9-6-15-10(7-14-9)20-17-12(16-19-20)8-4-2-1-3-5-8/h1-7,21H,(H2,13,18). The van der Waals surface area contributed by atoms with Crippen LogP contribution in [0.25, 0.3) is 17.2 Å². The predicted molar refractivity (Wildman–Crippen MR) is 72.7 cm³/mol. The van der Waals surface area contributed by atoms with Crippen LogP contribution in [0, 0.1) is 0 Å². The van der Waals surface area contributed by atoms with E-state index in [4.69, 9.17) is 10.9 Å². The molecule has 3 aromatic rings. The number of benzene rings is 1. The molecule has 0 aliphatic rings. The normalized spacial score (nSPS) is 11.5. The molecule has 2 aromatic heterocycles. The highest BCUT2D eigenvalue weighted by Gasteiger charge is 2.09. The molecule has 0 amide bonds. The molecule has 0 atom stereocenters. The molecule has 0 saturated heterocycles. The number of amidine groups is 1. The van der Waals surface area contributed by atoms with Gasteiger partial charge in [0.2, 0.25) is 5.82 Å². The average molecular weight is 282 g/mol. The Balaban J connectivity index is 1.90. The first-order chi connectivity index (χ1) is 10.3. The van der Waals surface area contributed by atoms with E-state index in [0.29, 0.717) is 11.6 Å². The summed E-state index contributed by atoms with van der Waals surface area (Å²) in [5.41, 5.74) is 6.52. The molecule has 1 aromatic carbocycles. The number of hydrogen-bond donors (Lipinski definition) is 2. The van der Waals surface area contributed by atoms with Gasteiger partial charge in [0.05, 0.1) is 12.4 Å². The smallest absolute Gasteiger partial charge is 0.205 e. The van der Waals surface area contributed by atoms with Crippen molar-refractivity contribution in [2.24, 2.45) is 10.9 Å². The van der Waals surface area contributed by atoms with Crippen LogP contribution in [0.1, 0.15) is 5.69 Å². The summed E-state index contributed by atoms with van der Waals surface area (Å²) < 4.78 is 0. The van der Waals surface area contributed by atoms with Crippen molar-refractivity contribution in [3.63, 3.8) is 0 Å². The maximum atomic E-state index is 8.56. The molecular weight excluding hydrogens is 272 g/mol. The third-order valence-electron chi connectivity index (χ3n) is 2.66. The Morgan fingerprint density at radius 3 is 2.62 bits per heavy atom. The Kier molecular flexibility index (Phi) is 3.21. The van der Waals surface area contributed by atoms with Crippen LogP contribution in [0.4, 0.5) is 0 Å². The van der Waals surface area contributed by atoms with Crippen LogP contribution < -0.4 is 5.73 Å². The van der Waals surface area contributed by atoms with Gasteiger partial charge in [0.25, 0.3) is 0 Å². The van der Waals surface area contributed by atoms with E-state index >= 15 is 0 Å². The van der Waals surface area contributed by atoms with E-state index in [2.05, 4.69) is 30.5 Å². The fraction of sp³-hybridized carbons (Fsp3) is 0. The summed E-state index contributed by atoms with van der Waals surface area (Å²) in [6.07, 6.45) is 2.76. The quantitative estimate of drug-likeness (QED) is 0.304. The van der Waals surface area contributed by atoms with Gasteiger partial charge >= 0.3 is 0 Å². The van der Waals surface area contributed by atoms with Crippen LogP contribution >= 0.6 is 0 Å². The molecule has 0 radical (unpaired) electrons. The first kappa shape index (κ1) is 12.7. The van der Waals surface area contributed by atoms with Gasteiger partial charge in [0.1, 0.15) is 5.69 Å². The number of tetrazole rings is 1. The summed E-state index contributed by atoms with van der Waals surface area (Å²) in [7, 11) is 0. The Bertz CT molecular complexity index is 765. The molecule has 9 nitrogen and oxygen atoms in total. The molecule has 21 heavy (non-hydrogen) atoms. The summed E-state index contributed by atoms with van der Waals surface area (Å²) in [5, 5.41) is 23.5. The second kappa shape index (κ2) is 5.33. The highest BCUT2D eigenvalue weighted by atomic mass is 16.4. The Morgan fingerprint density at radius 2 is 1.95 bits per heavy atom. The van der Waals surface area contributed by atoms with Crippen molar-refractivity contribution in [1.82, 2.24) is 30.2 Å². The Labute approximate surface area is 118 Å². The van der Waals surface area contributed by atoms with E-state index in [1.807, 2.05) is 30.3 Å². The maximum Gasteiger partial charge on any atom is 0.205 e. The lowest BCUT2D eigenvalue weighted by Crippen LogP contribution is -2.16. The summed E-state index contributed by atoms with van der Waals surface area (Å²) in [6, 6.07) is 9.46. The lowest BCUT2D eigenvalue weighted by molar-refractivity contribution is 0.318. The molecule has 0 aliphatic carbocycles. The predicted octanol–water partition coefficient (Wildman–Crippen LogP) is 0.214. The van der Waals surface area contributed by atoms with Crippen LogP contribution in [0.15, 0.2) is 47.9 Å². The van der Waals surface area contributed by atoms with Crippen LogP contribution in [0.5, 0.6) is 0 Å². The van der Waals surface area contributed by atoms with Crippen LogP contribution in [0.3, 0.4) is 0 Å². The minimum absolute atomic E-state index is 0.120. The molecule has 0 fully saturated rings. The molecular formula is C12H10N8O. The zero-order valence-corrected chi connectivity index (χ0v) is 10.7. The largest absolute Gasteiger partial charge is 0.409 e. The van der Waals surface area contributed by atoms with E-state index in [1.54, 1.807) is 0 Å². The average Bonchev–Trinajstić information content (AvgIpc) is 3.05. The number of hydrogen-bond acceptors (Lipinski definition) is 7. The van der Waals surface area contributed by atoms with Gasteiger partial charge in [-0.05, 0) is 5.21 Å². The van der Waals surface area contributed by atoms with Crippen molar-refractivity contribution in [2.45, 2.75) is 0 Å². The first-order valence-corrected chi connectivity index (χ1v) is 5.93. The van der Waals surface area contributed by atoms with Gasteiger partial charge in [0, 0.05) is 5.56 Å². The second-order valence-electron chi connectivity index (χ2n) is 4.01. The molecule has 3 N–H and O–H groups in total. The van der Waals surface area contributed by atoms with Gasteiger partial charge in [-0.25, -0.2) is 9.97 Å². The third-order valence-corrected chi connectivity index (χ3v) is 2.66. The summed E-state index contributed by atoms with van der Waals surface area (Å²) in [5.74, 6) is 0.739. The van der Waals surface area contributed by atoms with Gasteiger partial charge < -0.3 is 10.9 Å². The SMILES string of the molecule is NC(=NO)c1cnc(-n2nnc(-c3ccccc3)n2)cn1. The van der Waals surface area contributed by atoms with E-state index < -0.39 is 0 Å². The number of aromatic nitrogens is 6. The fourth-order valence-corrected chi connectivity index (χ4v) is 1.62. The summed E-state index contributed by atoms with van der Waals surface area (Å²) >= 11 is 0. The monoisotopic (exact) mass is 282 g/mol. The summed E-state index contributed by atoms with van der Waals surface area (Å²) in [6.45, 7) is 0. The molecule has 3 rings (SSSR count). The zero-order chi connectivity index (χ0) is 14.7. The maximum absolute atomic E-state index is 8.56. The van der Waals surface area contributed by atoms with Crippen molar-refractivity contribution in [1.29, 1.82) is 0 Å². The van der Waals surface area contributed by atoms with Crippen molar-refractivity contribution < 1.29 is 5.21 Å². The molecule has 9 heteroatoms. The molecule has 104 valence electrons. The fourth-order valence-electron chi connectivity index (χ4n) is 1.62. The van der Waals surface area contributed by atoms with Crippen molar-refractivity contribution in [3.8, 4) is 17.2 Å². The third kappa shape index (κ3) is 2.52. The van der Waals surface area contributed by atoms with E-state index in [9.17, 15) is 0 Å². The van der Waals surface area contributed by atoms with Crippen LogP contribution in [-0.2, 0) is 0 Å². The summed E-state index contributed by atoms with van der Waals surface area (Å²) in [4.78, 5) is 9.34. The molecule has 0 aliphatic heterocycles. The van der Waals surface area contributed by atoms with Gasteiger partial charge in [0.15, 0.2) is 11.7 Å². The van der Waals surface area contributed by atoms with Crippen molar-refractivity contribution in [2.75, 3.05) is 0 Å². The highest BCUT2D eigenvalue weighted by molar-refractivity contribution is 5.94. The molecule has 0 spiro atoms. The van der Waals surface area contributed by atoms with Gasteiger partial charge in [-0.3, -0.25) is 0 Å². The molecule has 0 bridgehead atoms. The van der Waals surface area contributed by atoms with Gasteiger partial charge in [-0.2, -0.15) is 0 Å². The minimum atomic E-state index is -0.120. The second-order valence-corrected chi connectivity index (χ2v) is 4.01. The number of nitrogens with zero attached hydrogens (tertiary/aromatic N) is 7. The lowest BCUT2D eigenvalue weighted by Gasteiger charge is -1.99. The van der Waals surface area contributed by atoms with Crippen molar-refractivity contribution >= 4 is 5.84 Å². The number of oxime groups is 1. The molecule has 2 heterocycles.